The number of nitrogens with one attached hydrogen (secondary N) is 2. The lowest BCUT2D eigenvalue weighted by Crippen LogP contribution is -2.41. The summed E-state index contributed by atoms with van der Waals surface area (Å²) in [4.78, 5) is 11.7. The first-order chi connectivity index (χ1) is 8.13. The Labute approximate surface area is 102 Å². The molecule has 0 radical (unpaired) electrons. The zero-order chi connectivity index (χ0) is 12.7. The zero-order valence-corrected chi connectivity index (χ0v) is 10.3. The topological polar surface area (TPSA) is 61.4 Å². The quantitative estimate of drug-likeness (QED) is 0.734. The Morgan fingerprint density at radius 1 is 1.29 bits per heavy atom. The fourth-order valence-corrected chi connectivity index (χ4v) is 1.57. The molecular formula is C13H20N2O2. The highest BCUT2D eigenvalue weighted by atomic mass is 16.3. The van der Waals surface area contributed by atoms with Crippen LogP contribution in [0.2, 0.25) is 0 Å². The van der Waals surface area contributed by atoms with Gasteiger partial charge >= 0.3 is 6.03 Å². The number of hydrogen-bond donors (Lipinski definition) is 3. The molecule has 4 nitrogen and oxygen atoms in total. The SMILES string of the molecule is CC(C)C(CCO)NC(=O)Nc1ccccc1. The minimum absolute atomic E-state index is 0.0105. The number of aliphatic hydroxyl groups is 1. The zero-order valence-electron chi connectivity index (χ0n) is 10.3. The van der Waals surface area contributed by atoms with Crippen molar-refractivity contribution in [2.45, 2.75) is 26.3 Å². The Kier molecular flexibility index (Phi) is 5.49. The van der Waals surface area contributed by atoms with Crippen molar-refractivity contribution < 1.29 is 9.90 Å². The van der Waals surface area contributed by atoms with Crippen LogP contribution >= 0.6 is 0 Å². The van der Waals surface area contributed by atoms with Gasteiger partial charge < -0.3 is 15.7 Å². The molecule has 0 aliphatic rings. The fraction of sp³-hybridized carbons (Fsp3) is 0.462. The number of para-hydroxylation sites is 1. The van der Waals surface area contributed by atoms with Crippen molar-refractivity contribution in [3.8, 4) is 0 Å². The molecule has 0 fully saturated rings. The van der Waals surface area contributed by atoms with E-state index in [1.54, 1.807) is 0 Å². The fourth-order valence-electron chi connectivity index (χ4n) is 1.57. The molecular weight excluding hydrogens is 216 g/mol. The van der Waals surface area contributed by atoms with Gasteiger partial charge in [-0.3, -0.25) is 0 Å². The van der Waals surface area contributed by atoms with E-state index in [-0.39, 0.29) is 18.7 Å². The third kappa shape index (κ3) is 4.87. The van der Waals surface area contributed by atoms with Gasteiger partial charge in [0, 0.05) is 18.3 Å². The van der Waals surface area contributed by atoms with E-state index >= 15 is 0 Å². The van der Waals surface area contributed by atoms with Crippen LogP contribution in [0.1, 0.15) is 20.3 Å². The van der Waals surface area contributed by atoms with Crippen LogP contribution in [-0.4, -0.2) is 23.8 Å². The number of hydrogen-bond acceptors (Lipinski definition) is 2. The largest absolute Gasteiger partial charge is 0.396 e. The molecule has 0 aliphatic carbocycles. The van der Waals surface area contributed by atoms with Crippen LogP contribution in [0.4, 0.5) is 10.5 Å². The van der Waals surface area contributed by atoms with Crippen molar-refractivity contribution in [1.82, 2.24) is 5.32 Å². The predicted octanol–water partition coefficient (Wildman–Crippen LogP) is 2.22. The van der Waals surface area contributed by atoms with E-state index < -0.39 is 0 Å². The Balaban J connectivity index is 2.48. The molecule has 94 valence electrons. The summed E-state index contributed by atoms with van der Waals surface area (Å²) in [5, 5.41) is 14.5. The number of aliphatic hydroxyl groups excluding tert-OH is 1. The van der Waals surface area contributed by atoms with Gasteiger partial charge in [0.15, 0.2) is 0 Å². The number of carbonyl (C=O) groups excluding carboxylic acids is 1. The van der Waals surface area contributed by atoms with E-state index in [2.05, 4.69) is 10.6 Å². The van der Waals surface area contributed by atoms with Crippen LogP contribution in [0.3, 0.4) is 0 Å². The Hall–Kier alpha value is -1.55. The van der Waals surface area contributed by atoms with Crippen molar-refractivity contribution in [1.29, 1.82) is 0 Å². The Morgan fingerprint density at radius 2 is 1.94 bits per heavy atom. The highest BCUT2D eigenvalue weighted by molar-refractivity contribution is 5.89. The van der Waals surface area contributed by atoms with Crippen molar-refractivity contribution in [2.75, 3.05) is 11.9 Å². The molecule has 0 heterocycles. The second-order valence-electron chi connectivity index (χ2n) is 4.33. The number of rotatable bonds is 5. The van der Waals surface area contributed by atoms with Crippen LogP contribution < -0.4 is 10.6 Å². The van der Waals surface area contributed by atoms with Gasteiger partial charge in [-0.15, -0.1) is 0 Å². The van der Waals surface area contributed by atoms with Gasteiger partial charge in [0.25, 0.3) is 0 Å². The third-order valence-corrected chi connectivity index (χ3v) is 2.59. The molecule has 0 aromatic heterocycles. The molecule has 1 unspecified atom stereocenters. The first kappa shape index (κ1) is 13.5. The summed E-state index contributed by atoms with van der Waals surface area (Å²) in [5.41, 5.74) is 0.761. The maximum atomic E-state index is 11.7. The number of anilines is 1. The molecule has 3 N–H and O–H groups in total. The molecule has 0 saturated heterocycles. The summed E-state index contributed by atoms with van der Waals surface area (Å²) in [6.07, 6.45) is 0.569. The molecule has 4 heteroatoms. The summed E-state index contributed by atoms with van der Waals surface area (Å²) in [6, 6.07) is 9.04. The van der Waals surface area contributed by atoms with Gasteiger partial charge in [-0.1, -0.05) is 32.0 Å². The van der Waals surface area contributed by atoms with Crippen LogP contribution in [-0.2, 0) is 0 Å². The minimum atomic E-state index is -0.233. The van der Waals surface area contributed by atoms with Gasteiger partial charge in [0.2, 0.25) is 0 Å². The van der Waals surface area contributed by atoms with Crippen LogP contribution in [0.5, 0.6) is 0 Å². The molecule has 0 aliphatic heterocycles. The van der Waals surface area contributed by atoms with Crippen molar-refractivity contribution in [2.24, 2.45) is 5.92 Å². The van der Waals surface area contributed by atoms with Crippen LogP contribution in [0.15, 0.2) is 30.3 Å². The maximum absolute atomic E-state index is 11.7. The minimum Gasteiger partial charge on any atom is -0.396 e. The lowest BCUT2D eigenvalue weighted by Gasteiger charge is -2.21. The van der Waals surface area contributed by atoms with E-state index in [1.165, 1.54) is 0 Å². The van der Waals surface area contributed by atoms with Gasteiger partial charge in [-0.25, -0.2) is 4.79 Å². The summed E-state index contributed by atoms with van der Waals surface area (Å²) in [7, 11) is 0. The monoisotopic (exact) mass is 236 g/mol. The molecule has 1 rings (SSSR count). The van der Waals surface area contributed by atoms with E-state index in [0.717, 1.165) is 5.69 Å². The smallest absolute Gasteiger partial charge is 0.319 e. The second kappa shape index (κ2) is 6.91. The number of benzene rings is 1. The summed E-state index contributed by atoms with van der Waals surface area (Å²) >= 11 is 0. The van der Waals surface area contributed by atoms with Crippen molar-refractivity contribution >= 4 is 11.7 Å². The molecule has 1 aromatic rings. The first-order valence-corrected chi connectivity index (χ1v) is 5.87. The maximum Gasteiger partial charge on any atom is 0.319 e. The Bertz CT molecular complexity index is 339. The number of urea groups is 1. The standard InChI is InChI=1S/C13H20N2O2/c1-10(2)12(8-9-16)15-13(17)14-11-6-4-3-5-7-11/h3-7,10,12,16H,8-9H2,1-2H3,(H2,14,15,17). The van der Waals surface area contributed by atoms with E-state index in [0.29, 0.717) is 12.3 Å². The van der Waals surface area contributed by atoms with Crippen molar-refractivity contribution in [3.63, 3.8) is 0 Å². The lowest BCUT2D eigenvalue weighted by molar-refractivity contribution is 0.227. The van der Waals surface area contributed by atoms with Gasteiger partial charge in [0.05, 0.1) is 0 Å². The van der Waals surface area contributed by atoms with Crippen molar-refractivity contribution in [3.05, 3.63) is 30.3 Å². The molecule has 2 amide bonds. The molecule has 0 bridgehead atoms. The number of carbonyl (C=O) groups is 1. The van der Waals surface area contributed by atoms with E-state index in [4.69, 9.17) is 5.11 Å². The van der Waals surface area contributed by atoms with E-state index in [1.807, 2.05) is 44.2 Å². The Morgan fingerprint density at radius 3 is 2.47 bits per heavy atom. The highest BCUT2D eigenvalue weighted by Gasteiger charge is 2.15. The highest BCUT2D eigenvalue weighted by Crippen LogP contribution is 2.08. The average Bonchev–Trinajstić information content (AvgIpc) is 2.29. The summed E-state index contributed by atoms with van der Waals surface area (Å²) < 4.78 is 0. The number of amides is 2. The molecule has 17 heavy (non-hydrogen) atoms. The van der Waals surface area contributed by atoms with Gasteiger partial charge in [-0.05, 0) is 24.5 Å². The average molecular weight is 236 g/mol. The van der Waals surface area contributed by atoms with Gasteiger partial charge in [0.1, 0.15) is 0 Å². The second-order valence-corrected chi connectivity index (χ2v) is 4.33. The summed E-state index contributed by atoms with van der Waals surface area (Å²) in [5.74, 6) is 0.295. The molecule has 0 saturated carbocycles. The molecule has 1 aromatic carbocycles. The van der Waals surface area contributed by atoms with Crippen LogP contribution in [0, 0.1) is 5.92 Å². The van der Waals surface area contributed by atoms with Gasteiger partial charge in [-0.2, -0.15) is 0 Å². The van der Waals surface area contributed by atoms with Crippen LogP contribution in [0.25, 0.3) is 0 Å². The lowest BCUT2D eigenvalue weighted by atomic mass is 10.0. The summed E-state index contributed by atoms with van der Waals surface area (Å²) in [6.45, 7) is 4.11. The first-order valence-electron chi connectivity index (χ1n) is 5.87. The predicted molar refractivity (Wildman–Crippen MR) is 68.9 cm³/mol. The normalized spacial score (nSPS) is 12.2. The third-order valence-electron chi connectivity index (χ3n) is 2.59. The molecule has 0 spiro atoms. The van der Waals surface area contributed by atoms with E-state index in [9.17, 15) is 4.79 Å². The molecule has 1 atom stereocenters.